The van der Waals surface area contributed by atoms with Gasteiger partial charge in [-0.15, -0.1) is 0 Å². The molecule has 0 spiro atoms. The zero-order chi connectivity index (χ0) is 16.9. The van der Waals surface area contributed by atoms with E-state index in [0.29, 0.717) is 16.7 Å². The molecule has 0 atom stereocenters. The lowest BCUT2D eigenvalue weighted by Gasteiger charge is -2.27. The van der Waals surface area contributed by atoms with Crippen molar-refractivity contribution in [3.63, 3.8) is 0 Å². The van der Waals surface area contributed by atoms with Gasteiger partial charge in [0, 0.05) is 24.2 Å². The van der Waals surface area contributed by atoms with E-state index in [1.807, 2.05) is 11.0 Å². The molecule has 1 aliphatic rings. The minimum atomic E-state index is -0.415. The monoisotopic (exact) mass is 320 g/mol. The SMILES string of the molecule is N=C(C(=O)c1ccccc1C(=O)N1CCCCC1)c1ccccc1. The van der Waals surface area contributed by atoms with Crippen molar-refractivity contribution in [2.24, 2.45) is 0 Å². The zero-order valence-corrected chi connectivity index (χ0v) is 13.5. The number of benzene rings is 2. The Morgan fingerprint density at radius 2 is 1.38 bits per heavy atom. The Morgan fingerprint density at radius 1 is 0.792 bits per heavy atom. The van der Waals surface area contributed by atoms with Crippen molar-refractivity contribution in [1.82, 2.24) is 4.90 Å². The third kappa shape index (κ3) is 3.27. The fourth-order valence-electron chi connectivity index (χ4n) is 3.01. The summed E-state index contributed by atoms with van der Waals surface area (Å²) >= 11 is 0. The second kappa shape index (κ2) is 7.21. The summed E-state index contributed by atoms with van der Waals surface area (Å²) < 4.78 is 0. The molecule has 1 fully saturated rings. The molecule has 0 bridgehead atoms. The summed E-state index contributed by atoms with van der Waals surface area (Å²) in [6.45, 7) is 1.47. The molecule has 4 nitrogen and oxygen atoms in total. The minimum Gasteiger partial charge on any atom is -0.339 e. The molecule has 2 aromatic rings. The van der Waals surface area contributed by atoms with Gasteiger partial charge in [0.05, 0.1) is 5.56 Å². The standard InChI is InChI=1S/C20H20N2O2/c21-18(15-9-3-1-4-10-15)19(23)16-11-5-6-12-17(16)20(24)22-13-7-2-8-14-22/h1,3-6,9-12,21H,2,7-8,13-14H2. The van der Waals surface area contributed by atoms with Crippen molar-refractivity contribution in [3.05, 3.63) is 71.3 Å². The number of hydrogen-bond acceptors (Lipinski definition) is 3. The lowest BCUT2D eigenvalue weighted by molar-refractivity contribution is 0.0721. The second-order valence-corrected chi connectivity index (χ2v) is 5.97. The van der Waals surface area contributed by atoms with E-state index in [-0.39, 0.29) is 11.6 Å². The molecule has 2 aromatic carbocycles. The van der Waals surface area contributed by atoms with Crippen molar-refractivity contribution in [2.45, 2.75) is 19.3 Å². The van der Waals surface area contributed by atoms with Gasteiger partial charge in [0.2, 0.25) is 5.78 Å². The Balaban J connectivity index is 1.90. The summed E-state index contributed by atoms with van der Waals surface area (Å²) in [5.41, 5.74) is 1.17. The van der Waals surface area contributed by atoms with Crippen LogP contribution in [0.4, 0.5) is 0 Å². The highest BCUT2D eigenvalue weighted by atomic mass is 16.2. The summed E-state index contributed by atoms with van der Waals surface area (Å²) in [7, 11) is 0. The number of piperidine rings is 1. The molecule has 24 heavy (non-hydrogen) atoms. The number of nitrogens with one attached hydrogen (secondary N) is 1. The summed E-state index contributed by atoms with van der Waals surface area (Å²) in [5, 5.41) is 8.18. The number of rotatable bonds is 4. The molecule has 0 aromatic heterocycles. The molecule has 1 saturated heterocycles. The number of Topliss-reactive ketones (excluding diaryl/α,β-unsaturated/α-hetero) is 1. The molecule has 1 N–H and O–H groups in total. The van der Waals surface area contributed by atoms with Crippen molar-refractivity contribution >= 4 is 17.4 Å². The predicted octanol–water partition coefficient (Wildman–Crippen LogP) is 3.56. The first kappa shape index (κ1) is 16.1. The van der Waals surface area contributed by atoms with E-state index < -0.39 is 5.78 Å². The Labute approximate surface area is 141 Å². The van der Waals surface area contributed by atoms with Gasteiger partial charge in [-0.2, -0.15) is 0 Å². The number of ketones is 1. The lowest BCUT2D eigenvalue weighted by atomic mass is 9.96. The van der Waals surface area contributed by atoms with Crippen LogP contribution in [0.15, 0.2) is 54.6 Å². The fraction of sp³-hybridized carbons (Fsp3) is 0.250. The maximum atomic E-state index is 12.8. The summed E-state index contributed by atoms with van der Waals surface area (Å²) in [6.07, 6.45) is 3.15. The van der Waals surface area contributed by atoms with E-state index in [0.717, 1.165) is 32.4 Å². The molecular formula is C20H20N2O2. The molecule has 3 rings (SSSR count). The average molecular weight is 320 g/mol. The highest BCUT2D eigenvalue weighted by Crippen LogP contribution is 2.18. The Morgan fingerprint density at radius 3 is 2.04 bits per heavy atom. The van der Waals surface area contributed by atoms with Crippen molar-refractivity contribution < 1.29 is 9.59 Å². The van der Waals surface area contributed by atoms with E-state index in [2.05, 4.69) is 0 Å². The topological polar surface area (TPSA) is 61.2 Å². The number of carbonyl (C=O) groups excluding carboxylic acids is 2. The maximum absolute atomic E-state index is 12.8. The quantitative estimate of drug-likeness (QED) is 0.691. The largest absolute Gasteiger partial charge is 0.339 e. The Kier molecular flexibility index (Phi) is 4.85. The van der Waals surface area contributed by atoms with Gasteiger partial charge in [-0.05, 0) is 25.3 Å². The van der Waals surface area contributed by atoms with Crippen LogP contribution in [0.25, 0.3) is 0 Å². The van der Waals surface area contributed by atoms with Gasteiger partial charge in [0.1, 0.15) is 5.71 Å². The highest BCUT2D eigenvalue weighted by molar-refractivity contribution is 6.51. The summed E-state index contributed by atoms with van der Waals surface area (Å²) in [6, 6.07) is 15.7. The third-order valence-corrected chi connectivity index (χ3v) is 4.33. The molecule has 0 unspecified atom stereocenters. The van der Waals surface area contributed by atoms with Crippen LogP contribution in [-0.2, 0) is 0 Å². The zero-order valence-electron chi connectivity index (χ0n) is 13.5. The molecule has 1 aliphatic heterocycles. The van der Waals surface area contributed by atoms with Gasteiger partial charge >= 0.3 is 0 Å². The molecule has 4 heteroatoms. The lowest BCUT2D eigenvalue weighted by Crippen LogP contribution is -2.36. The maximum Gasteiger partial charge on any atom is 0.254 e. The molecular weight excluding hydrogens is 300 g/mol. The first-order valence-electron chi connectivity index (χ1n) is 8.25. The Bertz CT molecular complexity index is 762. The predicted molar refractivity (Wildman–Crippen MR) is 93.8 cm³/mol. The van der Waals surface area contributed by atoms with E-state index in [9.17, 15) is 9.59 Å². The van der Waals surface area contributed by atoms with Gasteiger partial charge in [0.15, 0.2) is 0 Å². The van der Waals surface area contributed by atoms with E-state index >= 15 is 0 Å². The van der Waals surface area contributed by atoms with Gasteiger partial charge < -0.3 is 4.90 Å². The fourth-order valence-corrected chi connectivity index (χ4v) is 3.01. The molecule has 1 amide bonds. The first-order chi connectivity index (χ1) is 11.7. The van der Waals surface area contributed by atoms with Crippen LogP contribution in [0.1, 0.15) is 45.5 Å². The average Bonchev–Trinajstić information content (AvgIpc) is 2.67. The van der Waals surface area contributed by atoms with E-state index in [1.54, 1.807) is 48.5 Å². The smallest absolute Gasteiger partial charge is 0.254 e. The third-order valence-electron chi connectivity index (χ3n) is 4.33. The summed E-state index contributed by atoms with van der Waals surface area (Å²) in [4.78, 5) is 27.4. The number of nitrogens with zero attached hydrogens (tertiary/aromatic N) is 1. The molecule has 1 heterocycles. The van der Waals surface area contributed by atoms with Crippen LogP contribution in [0.5, 0.6) is 0 Å². The molecule has 0 saturated carbocycles. The van der Waals surface area contributed by atoms with Crippen LogP contribution in [-0.4, -0.2) is 35.4 Å². The molecule has 0 radical (unpaired) electrons. The second-order valence-electron chi connectivity index (χ2n) is 5.97. The van der Waals surface area contributed by atoms with Crippen molar-refractivity contribution in [3.8, 4) is 0 Å². The molecule has 122 valence electrons. The van der Waals surface area contributed by atoms with Crippen LogP contribution in [0.2, 0.25) is 0 Å². The number of amides is 1. The van der Waals surface area contributed by atoms with Gasteiger partial charge in [0.25, 0.3) is 5.91 Å². The van der Waals surface area contributed by atoms with Gasteiger partial charge in [-0.1, -0.05) is 48.5 Å². The van der Waals surface area contributed by atoms with Crippen LogP contribution in [0.3, 0.4) is 0 Å². The van der Waals surface area contributed by atoms with E-state index in [1.165, 1.54) is 0 Å². The van der Waals surface area contributed by atoms with Gasteiger partial charge in [-0.25, -0.2) is 0 Å². The number of hydrogen-bond donors (Lipinski definition) is 1. The van der Waals surface area contributed by atoms with Crippen LogP contribution in [0, 0.1) is 5.41 Å². The Hall–Kier alpha value is -2.75. The van der Waals surface area contributed by atoms with Crippen LogP contribution >= 0.6 is 0 Å². The van der Waals surface area contributed by atoms with E-state index in [4.69, 9.17) is 5.41 Å². The van der Waals surface area contributed by atoms with Crippen molar-refractivity contribution in [2.75, 3.05) is 13.1 Å². The normalized spacial score (nSPS) is 14.2. The van der Waals surface area contributed by atoms with Crippen molar-refractivity contribution in [1.29, 1.82) is 5.41 Å². The number of carbonyl (C=O) groups is 2. The van der Waals surface area contributed by atoms with Crippen LogP contribution < -0.4 is 0 Å². The first-order valence-corrected chi connectivity index (χ1v) is 8.25. The minimum absolute atomic E-state index is 0.0884. The summed E-state index contributed by atoms with van der Waals surface area (Å²) in [5.74, 6) is -0.526. The molecule has 0 aliphatic carbocycles. The number of likely N-dealkylation sites (tertiary alicyclic amines) is 1. The highest BCUT2D eigenvalue weighted by Gasteiger charge is 2.24. The van der Waals surface area contributed by atoms with Gasteiger partial charge in [-0.3, -0.25) is 15.0 Å².